The van der Waals surface area contributed by atoms with Gasteiger partial charge < -0.3 is 9.47 Å². The zero-order chi connectivity index (χ0) is 13.8. The number of nitrogens with one attached hydrogen (secondary N) is 1. The van der Waals surface area contributed by atoms with Crippen LogP contribution < -0.4 is 10.3 Å². The average Bonchev–Trinajstić information content (AvgIpc) is 2.50. The Hall–Kier alpha value is -2.14. The third-order valence-corrected chi connectivity index (χ3v) is 3.30. The Kier molecular flexibility index (Phi) is 3.78. The molecule has 0 spiro atoms. The van der Waals surface area contributed by atoms with Crippen LogP contribution >= 0.6 is 0 Å². The number of H-pyrrole nitrogens is 1. The highest BCUT2D eigenvalue weighted by molar-refractivity contribution is 5.62. The first kappa shape index (κ1) is 12.9. The number of ether oxygens (including phenoxy) is 2. The van der Waals surface area contributed by atoms with Gasteiger partial charge in [-0.25, -0.2) is 5.10 Å². The number of aromatic nitrogens is 2. The molecule has 0 aliphatic carbocycles. The normalized spacial score (nSPS) is 18.7. The average molecular weight is 272 g/mol. The molecule has 2 heterocycles. The zero-order valence-corrected chi connectivity index (χ0v) is 11.0. The minimum Gasteiger partial charge on any atom is -0.465 e. The van der Waals surface area contributed by atoms with Crippen molar-refractivity contribution < 1.29 is 9.47 Å². The fraction of sp³-hybridized carbons (Fsp3) is 0.333. The van der Waals surface area contributed by atoms with Crippen LogP contribution in [-0.4, -0.2) is 23.1 Å². The van der Waals surface area contributed by atoms with Crippen LogP contribution in [0.5, 0.6) is 5.75 Å². The number of rotatable bonds is 3. The number of nitrogens with zero attached hydrogens (tertiary/aromatic N) is 1. The van der Waals surface area contributed by atoms with Crippen molar-refractivity contribution in [3.8, 4) is 16.9 Å². The summed E-state index contributed by atoms with van der Waals surface area (Å²) in [4.78, 5) is 11.7. The lowest BCUT2D eigenvalue weighted by atomic mass is 10.1. The lowest BCUT2D eigenvalue weighted by molar-refractivity contribution is -0.105. The summed E-state index contributed by atoms with van der Waals surface area (Å²) in [5.41, 5.74) is 1.24. The maximum atomic E-state index is 11.7. The van der Waals surface area contributed by atoms with Gasteiger partial charge in [0.15, 0.2) is 6.29 Å². The second-order valence-electron chi connectivity index (χ2n) is 4.74. The van der Waals surface area contributed by atoms with Gasteiger partial charge in [0.1, 0.15) is 5.75 Å². The molecular formula is C15H16N2O3. The van der Waals surface area contributed by atoms with Crippen molar-refractivity contribution >= 4 is 0 Å². The fourth-order valence-corrected chi connectivity index (χ4v) is 2.24. The Morgan fingerprint density at radius 1 is 1.20 bits per heavy atom. The summed E-state index contributed by atoms with van der Waals surface area (Å²) in [6.07, 6.45) is 4.57. The lowest BCUT2D eigenvalue weighted by Gasteiger charge is -2.23. The van der Waals surface area contributed by atoms with Crippen LogP contribution in [0.4, 0.5) is 0 Å². The minimum atomic E-state index is -0.197. The first-order valence-electron chi connectivity index (χ1n) is 6.75. The van der Waals surface area contributed by atoms with Gasteiger partial charge in [0.25, 0.3) is 5.56 Å². The molecule has 1 aromatic carbocycles. The van der Waals surface area contributed by atoms with E-state index in [2.05, 4.69) is 10.2 Å². The quantitative estimate of drug-likeness (QED) is 0.931. The van der Waals surface area contributed by atoms with Gasteiger partial charge >= 0.3 is 0 Å². The maximum absolute atomic E-state index is 11.7. The lowest BCUT2D eigenvalue weighted by Crippen LogP contribution is -2.24. The van der Waals surface area contributed by atoms with Crippen LogP contribution in [0.15, 0.2) is 41.3 Å². The van der Waals surface area contributed by atoms with Crippen molar-refractivity contribution in [1.29, 1.82) is 0 Å². The Bertz CT molecular complexity index is 616. The number of benzene rings is 1. The smallest absolute Gasteiger partial charge is 0.272 e. The summed E-state index contributed by atoms with van der Waals surface area (Å²) in [6, 6.07) is 9.13. The van der Waals surface area contributed by atoms with E-state index in [1.54, 1.807) is 12.3 Å². The van der Waals surface area contributed by atoms with Crippen LogP contribution in [0, 0.1) is 0 Å². The van der Waals surface area contributed by atoms with Crippen LogP contribution in [-0.2, 0) is 4.74 Å². The van der Waals surface area contributed by atoms with Crippen LogP contribution in [0.3, 0.4) is 0 Å². The summed E-state index contributed by atoms with van der Waals surface area (Å²) in [6.45, 7) is 0.759. The van der Waals surface area contributed by atoms with E-state index in [1.807, 2.05) is 24.3 Å². The molecule has 104 valence electrons. The first-order valence-corrected chi connectivity index (χ1v) is 6.75. The summed E-state index contributed by atoms with van der Waals surface area (Å²) >= 11 is 0. The predicted molar refractivity (Wildman–Crippen MR) is 74.5 cm³/mol. The summed E-state index contributed by atoms with van der Waals surface area (Å²) in [7, 11) is 0. The van der Waals surface area contributed by atoms with E-state index in [0.717, 1.165) is 37.2 Å². The molecule has 20 heavy (non-hydrogen) atoms. The predicted octanol–water partition coefficient (Wildman–Crippen LogP) is 2.34. The third kappa shape index (κ3) is 2.88. The molecule has 1 saturated heterocycles. The standard InChI is InChI=1S/C15H16N2O3/c18-15-13(8-9-16-17-15)11-4-6-12(7-5-11)20-14-3-1-2-10-19-14/h4-9,14H,1-3,10H2,(H,17,18). The molecular weight excluding hydrogens is 256 g/mol. The van der Waals surface area contributed by atoms with Gasteiger partial charge in [0, 0.05) is 18.2 Å². The monoisotopic (exact) mass is 272 g/mol. The number of hydrogen-bond acceptors (Lipinski definition) is 4. The largest absolute Gasteiger partial charge is 0.465 e. The Balaban J connectivity index is 1.74. The highest BCUT2D eigenvalue weighted by Gasteiger charge is 2.15. The molecule has 1 aliphatic heterocycles. The highest BCUT2D eigenvalue weighted by atomic mass is 16.7. The topological polar surface area (TPSA) is 64.2 Å². The Morgan fingerprint density at radius 3 is 2.75 bits per heavy atom. The Morgan fingerprint density at radius 2 is 2.05 bits per heavy atom. The van der Waals surface area contributed by atoms with Crippen LogP contribution in [0.25, 0.3) is 11.1 Å². The van der Waals surface area contributed by atoms with E-state index in [4.69, 9.17) is 9.47 Å². The molecule has 0 radical (unpaired) electrons. The van der Waals surface area contributed by atoms with Crippen LogP contribution in [0.2, 0.25) is 0 Å². The Labute approximate surface area is 116 Å². The SMILES string of the molecule is O=c1[nH]nccc1-c1ccc(OC2CCCCO2)cc1. The van der Waals surface area contributed by atoms with Gasteiger partial charge in [0.05, 0.1) is 6.61 Å². The second-order valence-corrected chi connectivity index (χ2v) is 4.74. The van der Waals surface area contributed by atoms with E-state index in [-0.39, 0.29) is 11.8 Å². The van der Waals surface area contributed by atoms with E-state index in [0.29, 0.717) is 5.56 Å². The van der Waals surface area contributed by atoms with Crippen molar-refractivity contribution in [2.45, 2.75) is 25.6 Å². The number of hydrogen-bond donors (Lipinski definition) is 1. The number of aromatic amines is 1. The van der Waals surface area contributed by atoms with Gasteiger partial charge in [-0.05, 0) is 36.6 Å². The van der Waals surface area contributed by atoms with E-state index in [9.17, 15) is 4.79 Å². The molecule has 1 N–H and O–H groups in total. The third-order valence-electron chi connectivity index (χ3n) is 3.30. The van der Waals surface area contributed by atoms with Gasteiger partial charge in [-0.2, -0.15) is 5.10 Å². The molecule has 5 nitrogen and oxygen atoms in total. The molecule has 0 bridgehead atoms. The second kappa shape index (κ2) is 5.88. The molecule has 1 aromatic heterocycles. The highest BCUT2D eigenvalue weighted by Crippen LogP contribution is 2.22. The fourth-order valence-electron chi connectivity index (χ4n) is 2.24. The molecule has 1 aliphatic rings. The summed E-state index contributed by atoms with van der Waals surface area (Å²) in [5.74, 6) is 0.756. The molecule has 1 fully saturated rings. The van der Waals surface area contributed by atoms with E-state index < -0.39 is 0 Å². The van der Waals surface area contributed by atoms with E-state index >= 15 is 0 Å². The molecule has 1 atom stereocenters. The molecule has 2 aromatic rings. The molecule has 5 heteroatoms. The van der Waals surface area contributed by atoms with E-state index in [1.165, 1.54) is 0 Å². The molecule has 1 unspecified atom stereocenters. The maximum Gasteiger partial charge on any atom is 0.272 e. The van der Waals surface area contributed by atoms with Crippen molar-refractivity contribution in [3.05, 3.63) is 46.9 Å². The van der Waals surface area contributed by atoms with Gasteiger partial charge in [0.2, 0.25) is 0 Å². The van der Waals surface area contributed by atoms with Gasteiger partial charge in [-0.1, -0.05) is 12.1 Å². The zero-order valence-electron chi connectivity index (χ0n) is 11.0. The minimum absolute atomic E-state index is 0.154. The summed E-state index contributed by atoms with van der Waals surface area (Å²) in [5, 5.41) is 6.11. The summed E-state index contributed by atoms with van der Waals surface area (Å²) < 4.78 is 11.3. The molecule has 0 saturated carbocycles. The first-order chi connectivity index (χ1) is 9.83. The van der Waals surface area contributed by atoms with Crippen molar-refractivity contribution in [1.82, 2.24) is 10.2 Å². The van der Waals surface area contributed by atoms with Crippen molar-refractivity contribution in [2.24, 2.45) is 0 Å². The van der Waals surface area contributed by atoms with Crippen LogP contribution in [0.1, 0.15) is 19.3 Å². The van der Waals surface area contributed by atoms with Crippen molar-refractivity contribution in [3.63, 3.8) is 0 Å². The van der Waals surface area contributed by atoms with Gasteiger partial charge in [-0.3, -0.25) is 4.79 Å². The van der Waals surface area contributed by atoms with Crippen molar-refractivity contribution in [2.75, 3.05) is 6.61 Å². The molecule has 3 rings (SSSR count). The molecule has 0 amide bonds. The van der Waals surface area contributed by atoms with Gasteiger partial charge in [-0.15, -0.1) is 0 Å².